The Balaban J connectivity index is 3.01. The van der Waals surface area contributed by atoms with Crippen LogP contribution in [0, 0.1) is 37.0 Å². The van der Waals surface area contributed by atoms with E-state index in [-0.39, 0.29) is 24.7 Å². The molecule has 1 aromatic rings. The van der Waals surface area contributed by atoms with Crippen molar-refractivity contribution in [1.82, 2.24) is 5.32 Å². The summed E-state index contributed by atoms with van der Waals surface area (Å²) < 4.78 is 5.18. The fourth-order valence-corrected chi connectivity index (χ4v) is 1.61. The van der Waals surface area contributed by atoms with E-state index < -0.39 is 6.10 Å². The zero-order chi connectivity index (χ0) is 15.0. The summed E-state index contributed by atoms with van der Waals surface area (Å²) in [5, 5.41) is 22.7. The van der Waals surface area contributed by atoms with Crippen LogP contribution in [0.25, 0.3) is 0 Å². The first-order chi connectivity index (χ1) is 9.63. The average Bonchev–Trinajstić information content (AvgIpc) is 2.45. The first-order valence-corrected chi connectivity index (χ1v) is 5.86. The number of aliphatic hydroxyl groups excluding tert-OH is 1. The van der Waals surface area contributed by atoms with Crippen LogP contribution < -0.4 is 10.1 Å². The van der Waals surface area contributed by atoms with Crippen LogP contribution in [0.15, 0.2) is 12.1 Å². The summed E-state index contributed by atoms with van der Waals surface area (Å²) in [6, 6.07) is 2.83. The van der Waals surface area contributed by atoms with Gasteiger partial charge in [-0.15, -0.1) is 19.3 Å². The molecule has 20 heavy (non-hydrogen) atoms. The summed E-state index contributed by atoms with van der Waals surface area (Å²) in [5.74, 6) is 7.15. The minimum absolute atomic E-state index is 0.00778. The third kappa shape index (κ3) is 3.97. The monoisotopic (exact) mass is 269 g/mol. The van der Waals surface area contributed by atoms with Crippen molar-refractivity contribution in [2.75, 3.05) is 19.7 Å². The van der Waals surface area contributed by atoms with Crippen LogP contribution >= 0.6 is 0 Å². The molecule has 4 nitrogen and oxygen atoms in total. The lowest BCUT2D eigenvalue weighted by Gasteiger charge is -2.15. The number of aromatic hydroxyl groups is 1. The minimum atomic E-state index is -0.872. The number of nitrogens with one attached hydrogen (secondary N) is 1. The quantitative estimate of drug-likeness (QED) is 0.524. The SMILES string of the molecule is C#CCNCC(O)c1cc(OCC#C)c(O)cc1C#C. The molecule has 1 unspecified atom stereocenters. The molecule has 4 heteroatoms. The molecule has 0 aliphatic heterocycles. The molecule has 0 amide bonds. The Morgan fingerprint density at radius 3 is 2.60 bits per heavy atom. The van der Waals surface area contributed by atoms with E-state index in [1.807, 2.05) is 0 Å². The standard InChI is InChI=1S/C16H15NO3/c1-4-7-17-11-15(19)13-10-16(20-8-5-2)14(18)9-12(13)6-3/h1-3,9-10,15,17-19H,7-8,11H2. The van der Waals surface area contributed by atoms with Gasteiger partial charge >= 0.3 is 0 Å². The third-order valence-corrected chi connectivity index (χ3v) is 2.52. The number of rotatable bonds is 6. The van der Waals surface area contributed by atoms with Gasteiger partial charge in [-0.1, -0.05) is 17.8 Å². The smallest absolute Gasteiger partial charge is 0.162 e. The van der Waals surface area contributed by atoms with Crippen LogP contribution in [0.5, 0.6) is 11.5 Å². The van der Waals surface area contributed by atoms with E-state index in [2.05, 4.69) is 23.1 Å². The summed E-state index contributed by atoms with van der Waals surface area (Å²) in [6.45, 7) is 0.576. The van der Waals surface area contributed by atoms with Crippen LogP contribution in [0.3, 0.4) is 0 Å². The first-order valence-electron chi connectivity index (χ1n) is 5.86. The second-order valence-electron chi connectivity index (χ2n) is 3.90. The lowest BCUT2D eigenvalue weighted by molar-refractivity contribution is 0.175. The van der Waals surface area contributed by atoms with Gasteiger partial charge in [0, 0.05) is 17.7 Å². The molecule has 0 saturated heterocycles. The maximum absolute atomic E-state index is 10.1. The Labute approximate surface area is 118 Å². The van der Waals surface area contributed by atoms with Crippen LogP contribution in [-0.2, 0) is 0 Å². The molecule has 0 aliphatic rings. The second-order valence-corrected chi connectivity index (χ2v) is 3.90. The van der Waals surface area contributed by atoms with Gasteiger partial charge in [0.2, 0.25) is 0 Å². The summed E-state index contributed by atoms with van der Waals surface area (Å²) in [6.07, 6.45) is 14.7. The van der Waals surface area contributed by atoms with Gasteiger partial charge in [0.1, 0.15) is 6.61 Å². The number of hydrogen-bond donors (Lipinski definition) is 3. The molecule has 0 spiro atoms. The van der Waals surface area contributed by atoms with E-state index in [1.54, 1.807) is 0 Å². The van der Waals surface area contributed by atoms with Crippen LogP contribution in [0.1, 0.15) is 17.2 Å². The number of hydrogen-bond acceptors (Lipinski definition) is 4. The number of terminal acetylenes is 3. The fraction of sp³-hybridized carbons (Fsp3) is 0.250. The normalized spacial score (nSPS) is 10.9. The average molecular weight is 269 g/mol. The summed E-state index contributed by atoms with van der Waals surface area (Å²) in [5.41, 5.74) is 0.840. The lowest BCUT2D eigenvalue weighted by Crippen LogP contribution is -2.22. The largest absolute Gasteiger partial charge is 0.504 e. The molecular weight excluding hydrogens is 254 g/mol. The maximum atomic E-state index is 10.1. The Bertz CT molecular complexity index is 587. The van der Waals surface area contributed by atoms with E-state index in [1.165, 1.54) is 12.1 Å². The summed E-state index contributed by atoms with van der Waals surface area (Å²) in [4.78, 5) is 0. The molecule has 3 N–H and O–H groups in total. The van der Waals surface area contributed by atoms with Gasteiger partial charge in [0.05, 0.1) is 12.6 Å². The zero-order valence-electron chi connectivity index (χ0n) is 10.9. The number of ether oxygens (including phenoxy) is 1. The van der Waals surface area contributed by atoms with Crippen molar-refractivity contribution in [1.29, 1.82) is 0 Å². The van der Waals surface area contributed by atoms with Gasteiger partial charge in [-0.3, -0.25) is 0 Å². The number of phenolic OH excluding ortho intramolecular Hbond substituents is 1. The van der Waals surface area contributed by atoms with Crippen molar-refractivity contribution in [2.24, 2.45) is 0 Å². The molecule has 1 atom stereocenters. The highest BCUT2D eigenvalue weighted by atomic mass is 16.5. The molecule has 102 valence electrons. The molecule has 0 fully saturated rings. The van der Waals surface area contributed by atoms with Gasteiger partial charge in [-0.25, -0.2) is 0 Å². The molecule has 0 heterocycles. The van der Waals surface area contributed by atoms with E-state index in [9.17, 15) is 10.2 Å². The number of aliphatic hydroxyl groups is 1. The predicted molar refractivity (Wildman–Crippen MR) is 77.0 cm³/mol. The minimum Gasteiger partial charge on any atom is -0.504 e. The van der Waals surface area contributed by atoms with Gasteiger partial charge in [0.25, 0.3) is 0 Å². The molecule has 0 bridgehead atoms. The summed E-state index contributed by atoms with van der Waals surface area (Å²) in [7, 11) is 0. The van der Waals surface area contributed by atoms with Crippen molar-refractivity contribution in [3.63, 3.8) is 0 Å². The fourth-order valence-electron chi connectivity index (χ4n) is 1.61. The Morgan fingerprint density at radius 1 is 1.25 bits per heavy atom. The van der Waals surface area contributed by atoms with Crippen molar-refractivity contribution < 1.29 is 14.9 Å². The highest BCUT2D eigenvalue weighted by Gasteiger charge is 2.15. The molecule has 0 radical (unpaired) electrons. The number of benzene rings is 1. The van der Waals surface area contributed by atoms with Crippen molar-refractivity contribution in [3.8, 4) is 48.5 Å². The first kappa shape index (κ1) is 15.5. The highest BCUT2D eigenvalue weighted by molar-refractivity contribution is 5.53. The van der Waals surface area contributed by atoms with Crippen LogP contribution in [-0.4, -0.2) is 29.9 Å². The van der Waals surface area contributed by atoms with E-state index in [0.29, 0.717) is 17.7 Å². The zero-order valence-corrected chi connectivity index (χ0v) is 10.9. The Hall–Kier alpha value is -2.58. The molecule has 0 aromatic heterocycles. The second kappa shape index (κ2) is 7.77. The topological polar surface area (TPSA) is 61.7 Å². The van der Waals surface area contributed by atoms with E-state index in [0.717, 1.165) is 0 Å². The Morgan fingerprint density at radius 2 is 2.00 bits per heavy atom. The summed E-state index contributed by atoms with van der Waals surface area (Å²) >= 11 is 0. The predicted octanol–water partition coefficient (Wildman–Crippen LogP) is 0.642. The van der Waals surface area contributed by atoms with Gasteiger partial charge in [0.15, 0.2) is 11.5 Å². The lowest BCUT2D eigenvalue weighted by atomic mass is 10.0. The third-order valence-electron chi connectivity index (χ3n) is 2.52. The van der Waals surface area contributed by atoms with Crippen LogP contribution in [0.2, 0.25) is 0 Å². The van der Waals surface area contributed by atoms with Crippen LogP contribution in [0.4, 0.5) is 0 Å². The molecule has 1 rings (SSSR count). The molecule has 0 aliphatic carbocycles. The number of phenols is 1. The van der Waals surface area contributed by atoms with E-state index >= 15 is 0 Å². The molecule has 1 aromatic carbocycles. The van der Waals surface area contributed by atoms with Crippen molar-refractivity contribution in [2.45, 2.75) is 6.10 Å². The van der Waals surface area contributed by atoms with Gasteiger partial charge < -0.3 is 20.3 Å². The van der Waals surface area contributed by atoms with Crippen molar-refractivity contribution in [3.05, 3.63) is 23.3 Å². The Kier molecular flexibility index (Phi) is 6.01. The van der Waals surface area contributed by atoms with Gasteiger partial charge in [-0.2, -0.15) is 0 Å². The van der Waals surface area contributed by atoms with Crippen molar-refractivity contribution >= 4 is 0 Å². The molecule has 0 saturated carbocycles. The van der Waals surface area contributed by atoms with Gasteiger partial charge in [-0.05, 0) is 12.1 Å². The maximum Gasteiger partial charge on any atom is 0.162 e. The molecular formula is C16H15NO3. The van der Waals surface area contributed by atoms with E-state index in [4.69, 9.17) is 24.0 Å². The highest BCUT2D eigenvalue weighted by Crippen LogP contribution is 2.32.